The van der Waals surface area contributed by atoms with E-state index in [-0.39, 0.29) is 5.91 Å². The third-order valence-electron chi connectivity index (χ3n) is 3.80. The van der Waals surface area contributed by atoms with Crippen LogP contribution in [0.1, 0.15) is 23.5 Å². The number of nitrogens with zero attached hydrogens (tertiary/aromatic N) is 5. The van der Waals surface area contributed by atoms with Crippen LogP contribution in [-0.2, 0) is 0 Å². The Morgan fingerprint density at radius 3 is 2.65 bits per heavy atom. The van der Waals surface area contributed by atoms with Crippen molar-refractivity contribution in [3.63, 3.8) is 0 Å². The van der Waals surface area contributed by atoms with E-state index in [4.69, 9.17) is 0 Å². The number of rotatable bonds is 5. The Balaban J connectivity index is 2.05. The van der Waals surface area contributed by atoms with Gasteiger partial charge in [-0.15, -0.1) is 0 Å². The van der Waals surface area contributed by atoms with Gasteiger partial charge in [0.2, 0.25) is 5.82 Å². The number of H-pyrrole nitrogens is 1. The summed E-state index contributed by atoms with van der Waals surface area (Å²) in [6.45, 7) is 3.65. The smallest absolute Gasteiger partial charge is 0.291 e. The van der Waals surface area contributed by atoms with Gasteiger partial charge in [-0.3, -0.25) is 9.89 Å². The van der Waals surface area contributed by atoms with Crippen LogP contribution in [0.15, 0.2) is 6.33 Å². The van der Waals surface area contributed by atoms with Gasteiger partial charge in [-0.25, -0.2) is 4.98 Å². The zero-order valence-corrected chi connectivity index (χ0v) is 12.5. The number of piperidine rings is 1. The summed E-state index contributed by atoms with van der Waals surface area (Å²) in [5.74, 6) is 0.293. The minimum absolute atomic E-state index is 0.0427. The Morgan fingerprint density at radius 1 is 1.40 bits per heavy atom. The van der Waals surface area contributed by atoms with Crippen LogP contribution in [0.4, 0.5) is 0 Å². The number of carbonyl (C=O) groups is 1. The average molecular weight is 280 g/mol. The van der Waals surface area contributed by atoms with E-state index in [9.17, 15) is 4.79 Å². The Labute approximate surface area is 119 Å². The maximum absolute atomic E-state index is 12.6. The van der Waals surface area contributed by atoms with E-state index in [1.807, 2.05) is 19.0 Å². The molecule has 1 aromatic rings. The van der Waals surface area contributed by atoms with Crippen LogP contribution in [0, 0.1) is 0 Å². The molecule has 1 N–H and O–H groups in total. The summed E-state index contributed by atoms with van der Waals surface area (Å²) < 4.78 is 0. The first kappa shape index (κ1) is 14.9. The van der Waals surface area contributed by atoms with Crippen LogP contribution >= 0.6 is 0 Å². The molecule has 0 aliphatic carbocycles. The van der Waals surface area contributed by atoms with Crippen LogP contribution in [0.25, 0.3) is 0 Å². The van der Waals surface area contributed by atoms with Crippen molar-refractivity contribution in [1.29, 1.82) is 0 Å². The molecule has 0 atom stereocenters. The van der Waals surface area contributed by atoms with Crippen molar-refractivity contribution >= 4 is 5.91 Å². The molecule has 112 valence electrons. The summed E-state index contributed by atoms with van der Waals surface area (Å²) in [5, 5.41) is 6.45. The molecule has 0 radical (unpaired) electrons. The fourth-order valence-corrected chi connectivity index (χ4v) is 2.51. The second-order valence-corrected chi connectivity index (χ2v) is 5.67. The maximum atomic E-state index is 12.6. The number of amides is 1. The van der Waals surface area contributed by atoms with Crippen molar-refractivity contribution in [2.75, 3.05) is 47.3 Å². The Hall–Kier alpha value is -1.47. The second-order valence-electron chi connectivity index (χ2n) is 5.67. The van der Waals surface area contributed by atoms with Crippen LogP contribution in [0.5, 0.6) is 0 Å². The number of aromatic nitrogens is 3. The third kappa shape index (κ3) is 3.77. The number of nitrogens with one attached hydrogen (secondary N) is 1. The van der Waals surface area contributed by atoms with Crippen LogP contribution in [0.3, 0.4) is 0 Å². The molecular formula is C13H24N6O. The summed E-state index contributed by atoms with van der Waals surface area (Å²) in [5.41, 5.74) is 0. The Morgan fingerprint density at radius 2 is 2.10 bits per heavy atom. The van der Waals surface area contributed by atoms with Gasteiger partial charge in [0.05, 0.1) is 0 Å². The molecule has 1 aliphatic heterocycles. The molecule has 0 unspecified atom stereocenters. The monoisotopic (exact) mass is 280 g/mol. The summed E-state index contributed by atoms with van der Waals surface area (Å²) in [7, 11) is 6.16. The number of likely N-dealkylation sites (N-methyl/N-ethyl adjacent to an activating group) is 1. The number of hydrogen-bond donors (Lipinski definition) is 1. The third-order valence-corrected chi connectivity index (χ3v) is 3.80. The van der Waals surface area contributed by atoms with Gasteiger partial charge in [0, 0.05) is 19.1 Å². The molecule has 2 rings (SSSR count). The van der Waals surface area contributed by atoms with E-state index in [0.717, 1.165) is 39.0 Å². The lowest BCUT2D eigenvalue weighted by Gasteiger charge is -2.37. The number of hydrogen-bond acceptors (Lipinski definition) is 5. The number of likely N-dealkylation sites (tertiary alicyclic amines) is 1. The molecule has 7 nitrogen and oxygen atoms in total. The summed E-state index contributed by atoms with van der Waals surface area (Å²) in [4.78, 5) is 22.9. The van der Waals surface area contributed by atoms with Gasteiger partial charge >= 0.3 is 0 Å². The van der Waals surface area contributed by atoms with Crippen LogP contribution in [-0.4, -0.2) is 89.2 Å². The number of carbonyl (C=O) groups excluding carboxylic acids is 1. The second kappa shape index (κ2) is 6.81. The predicted molar refractivity (Wildman–Crippen MR) is 76.5 cm³/mol. The highest BCUT2D eigenvalue weighted by Gasteiger charge is 2.28. The summed E-state index contributed by atoms with van der Waals surface area (Å²) >= 11 is 0. The molecule has 1 saturated heterocycles. The van der Waals surface area contributed by atoms with E-state index in [1.165, 1.54) is 6.33 Å². The van der Waals surface area contributed by atoms with E-state index in [2.05, 4.69) is 32.0 Å². The van der Waals surface area contributed by atoms with E-state index < -0.39 is 0 Å². The van der Waals surface area contributed by atoms with Crippen molar-refractivity contribution in [2.45, 2.75) is 18.9 Å². The van der Waals surface area contributed by atoms with E-state index in [1.54, 1.807) is 0 Å². The quantitative estimate of drug-likeness (QED) is 0.816. The normalized spacial score (nSPS) is 17.6. The lowest BCUT2D eigenvalue weighted by molar-refractivity contribution is 0.0563. The van der Waals surface area contributed by atoms with Gasteiger partial charge < -0.3 is 14.7 Å². The van der Waals surface area contributed by atoms with Gasteiger partial charge in [0.15, 0.2) is 0 Å². The SMILES string of the molecule is CN(C)CCN(C(=O)c1ncn[nH]1)C1CCN(C)CC1. The molecule has 0 aromatic carbocycles. The zero-order valence-electron chi connectivity index (χ0n) is 12.5. The van der Waals surface area contributed by atoms with Gasteiger partial charge in [0.25, 0.3) is 5.91 Å². The molecule has 0 saturated carbocycles. The zero-order chi connectivity index (χ0) is 14.5. The largest absolute Gasteiger partial charge is 0.332 e. The minimum Gasteiger partial charge on any atom is -0.332 e. The first-order valence-electron chi connectivity index (χ1n) is 7.07. The summed E-state index contributed by atoms with van der Waals surface area (Å²) in [6.07, 6.45) is 3.42. The van der Waals surface area contributed by atoms with Crippen molar-refractivity contribution in [3.8, 4) is 0 Å². The molecule has 0 bridgehead atoms. The molecular weight excluding hydrogens is 256 g/mol. The Kier molecular flexibility index (Phi) is 5.08. The standard InChI is InChI=1S/C13H24N6O/c1-17(2)8-9-19(11-4-6-18(3)7-5-11)13(20)12-14-10-15-16-12/h10-11H,4-9H2,1-3H3,(H,14,15,16). The highest BCUT2D eigenvalue weighted by molar-refractivity contribution is 5.90. The Bertz CT molecular complexity index is 411. The predicted octanol–water partition coefficient (Wildman–Crippen LogP) is -0.0973. The van der Waals surface area contributed by atoms with Gasteiger partial charge in [-0.1, -0.05) is 0 Å². The fraction of sp³-hybridized carbons (Fsp3) is 0.769. The van der Waals surface area contributed by atoms with Crippen molar-refractivity contribution in [1.82, 2.24) is 29.9 Å². The van der Waals surface area contributed by atoms with Gasteiger partial charge in [-0.2, -0.15) is 5.10 Å². The summed E-state index contributed by atoms with van der Waals surface area (Å²) in [6, 6.07) is 0.295. The average Bonchev–Trinajstić information content (AvgIpc) is 2.94. The highest BCUT2D eigenvalue weighted by Crippen LogP contribution is 2.17. The highest BCUT2D eigenvalue weighted by atomic mass is 16.2. The molecule has 1 aliphatic rings. The lowest BCUT2D eigenvalue weighted by atomic mass is 10.0. The number of aromatic amines is 1. The molecule has 2 heterocycles. The van der Waals surface area contributed by atoms with Gasteiger partial charge in [0.1, 0.15) is 6.33 Å². The first-order chi connectivity index (χ1) is 9.58. The lowest BCUT2D eigenvalue weighted by Crippen LogP contribution is -2.48. The first-order valence-corrected chi connectivity index (χ1v) is 7.07. The fourth-order valence-electron chi connectivity index (χ4n) is 2.51. The molecule has 0 spiro atoms. The van der Waals surface area contributed by atoms with Crippen LogP contribution in [0.2, 0.25) is 0 Å². The molecule has 20 heavy (non-hydrogen) atoms. The topological polar surface area (TPSA) is 68.4 Å². The van der Waals surface area contributed by atoms with Crippen molar-refractivity contribution in [2.24, 2.45) is 0 Å². The molecule has 7 heteroatoms. The maximum Gasteiger partial charge on any atom is 0.291 e. The van der Waals surface area contributed by atoms with Crippen LogP contribution < -0.4 is 0 Å². The van der Waals surface area contributed by atoms with Gasteiger partial charge in [-0.05, 0) is 47.1 Å². The van der Waals surface area contributed by atoms with E-state index >= 15 is 0 Å². The molecule has 1 fully saturated rings. The van der Waals surface area contributed by atoms with Crippen molar-refractivity contribution < 1.29 is 4.79 Å². The minimum atomic E-state index is -0.0427. The molecule has 1 amide bonds. The van der Waals surface area contributed by atoms with Crippen molar-refractivity contribution in [3.05, 3.63) is 12.2 Å². The molecule has 1 aromatic heterocycles. The van der Waals surface area contributed by atoms with E-state index in [0.29, 0.717) is 11.9 Å².